The van der Waals surface area contributed by atoms with Crippen molar-refractivity contribution in [1.82, 2.24) is 4.40 Å². The lowest BCUT2D eigenvalue weighted by atomic mass is 10.0. The number of aromatic nitrogens is 1. The minimum absolute atomic E-state index is 0.537. The van der Waals surface area contributed by atoms with Crippen LogP contribution in [0.1, 0.15) is 11.1 Å². The third kappa shape index (κ3) is 3.33. The van der Waals surface area contributed by atoms with Gasteiger partial charge in [-0.15, -0.1) is 0 Å². The van der Waals surface area contributed by atoms with Crippen LogP contribution in [-0.2, 0) is 6.42 Å². The zero-order valence-corrected chi connectivity index (χ0v) is 16.5. The van der Waals surface area contributed by atoms with Crippen molar-refractivity contribution in [2.75, 3.05) is 11.9 Å². The van der Waals surface area contributed by atoms with Gasteiger partial charge in [-0.05, 0) is 30.2 Å². The Balaban J connectivity index is 1.84. The van der Waals surface area contributed by atoms with Gasteiger partial charge in [0.25, 0.3) is 0 Å². The highest BCUT2D eigenvalue weighted by Gasteiger charge is 2.22. The summed E-state index contributed by atoms with van der Waals surface area (Å²) in [5, 5.41) is 14.5. The van der Waals surface area contributed by atoms with Crippen molar-refractivity contribution >= 4 is 34.5 Å². The summed E-state index contributed by atoms with van der Waals surface area (Å²) >= 11 is 13.0. The summed E-state index contributed by atoms with van der Waals surface area (Å²) in [7, 11) is 0. The van der Waals surface area contributed by atoms with Gasteiger partial charge in [-0.25, -0.2) is 0 Å². The molecule has 0 saturated carbocycles. The highest BCUT2D eigenvalue weighted by molar-refractivity contribution is 6.34. The van der Waals surface area contributed by atoms with E-state index in [0.717, 1.165) is 28.9 Å². The van der Waals surface area contributed by atoms with E-state index in [1.54, 1.807) is 0 Å². The Morgan fingerprint density at radius 1 is 0.893 bits per heavy atom. The molecule has 0 radical (unpaired) electrons. The number of nitriles is 1. The van der Waals surface area contributed by atoms with E-state index < -0.39 is 0 Å². The highest BCUT2D eigenvalue weighted by atomic mass is 35.5. The van der Waals surface area contributed by atoms with Gasteiger partial charge in [0.2, 0.25) is 0 Å². The Kier molecular flexibility index (Phi) is 5.25. The van der Waals surface area contributed by atoms with Crippen LogP contribution in [0.15, 0.2) is 72.8 Å². The summed E-state index contributed by atoms with van der Waals surface area (Å²) in [4.78, 5) is 0. The van der Waals surface area contributed by atoms with E-state index in [1.165, 1.54) is 5.56 Å². The first kappa shape index (κ1) is 18.4. The van der Waals surface area contributed by atoms with Crippen molar-refractivity contribution in [3.05, 3.63) is 94.1 Å². The van der Waals surface area contributed by atoms with E-state index in [0.29, 0.717) is 22.3 Å². The molecule has 2 aromatic heterocycles. The van der Waals surface area contributed by atoms with Gasteiger partial charge in [0.1, 0.15) is 17.0 Å². The molecule has 138 valence electrons. The molecule has 3 nitrogen and oxygen atoms in total. The van der Waals surface area contributed by atoms with Crippen LogP contribution < -0.4 is 5.32 Å². The predicted molar refractivity (Wildman–Crippen MR) is 116 cm³/mol. The molecule has 0 amide bonds. The molecule has 4 aromatic rings. The lowest BCUT2D eigenvalue weighted by Crippen LogP contribution is -2.08. The van der Waals surface area contributed by atoms with E-state index in [2.05, 4.69) is 23.5 Å². The number of nitrogens with zero attached hydrogens (tertiary/aromatic N) is 2. The van der Waals surface area contributed by atoms with E-state index in [-0.39, 0.29) is 0 Å². The van der Waals surface area contributed by atoms with Crippen LogP contribution in [0, 0.1) is 11.3 Å². The van der Waals surface area contributed by atoms with Gasteiger partial charge < -0.3 is 5.32 Å². The molecule has 0 atom stereocenters. The standard InChI is InChI=1S/C23H17Cl2N3/c24-19-10-5-4-9-17(19)22-18(15-26)20-11-6-12-21(25)28(20)23(22)27-14-13-16-7-2-1-3-8-16/h1-12,27H,13-14H2. The zero-order valence-electron chi connectivity index (χ0n) is 15.0. The molecule has 4 rings (SSSR count). The van der Waals surface area contributed by atoms with Crippen LogP contribution in [0.2, 0.25) is 10.2 Å². The van der Waals surface area contributed by atoms with Crippen molar-refractivity contribution in [3.63, 3.8) is 0 Å². The monoisotopic (exact) mass is 405 g/mol. The van der Waals surface area contributed by atoms with Crippen LogP contribution in [-0.4, -0.2) is 10.9 Å². The number of hydrogen-bond donors (Lipinski definition) is 1. The van der Waals surface area contributed by atoms with Crippen molar-refractivity contribution in [3.8, 4) is 17.2 Å². The predicted octanol–water partition coefficient (Wildman–Crippen LogP) is 6.44. The molecular formula is C23H17Cl2N3. The first-order chi connectivity index (χ1) is 13.7. The molecule has 0 bridgehead atoms. The van der Waals surface area contributed by atoms with Crippen LogP contribution >= 0.6 is 23.2 Å². The highest BCUT2D eigenvalue weighted by Crippen LogP contribution is 2.41. The Morgan fingerprint density at radius 3 is 2.39 bits per heavy atom. The average Bonchev–Trinajstić information content (AvgIpc) is 3.04. The molecule has 2 heterocycles. The number of nitrogens with one attached hydrogen (secondary N) is 1. The fraction of sp³-hybridized carbons (Fsp3) is 0.0870. The molecule has 0 unspecified atom stereocenters. The first-order valence-electron chi connectivity index (χ1n) is 8.96. The van der Waals surface area contributed by atoms with Gasteiger partial charge in [0, 0.05) is 22.7 Å². The third-order valence-electron chi connectivity index (χ3n) is 4.71. The minimum atomic E-state index is 0.537. The van der Waals surface area contributed by atoms with E-state index in [9.17, 15) is 5.26 Å². The quantitative estimate of drug-likeness (QED) is 0.388. The molecular weight excluding hydrogens is 389 g/mol. The molecule has 2 aromatic carbocycles. The number of rotatable bonds is 5. The van der Waals surface area contributed by atoms with Crippen LogP contribution in [0.3, 0.4) is 0 Å². The van der Waals surface area contributed by atoms with Gasteiger partial charge in [-0.1, -0.05) is 77.8 Å². The van der Waals surface area contributed by atoms with Gasteiger partial charge >= 0.3 is 0 Å². The number of anilines is 1. The summed E-state index contributed by atoms with van der Waals surface area (Å²) < 4.78 is 1.88. The topological polar surface area (TPSA) is 40.2 Å². The van der Waals surface area contributed by atoms with Gasteiger partial charge in [-0.3, -0.25) is 4.40 Å². The van der Waals surface area contributed by atoms with Crippen molar-refractivity contribution in [2.45, 2.75) is 6.42 Å². The van der Waals surface area contributed by atoms with Gasteiger partial charge in [0.15, 0.2) is 0 Å². The molecule has 0 saturated heterocycles. The smallest absolute Gasteiger partial charge is 0.121 e. The summed E-state index contributed by atoms with van der Waals surface area (Å²) in [5.41, 5.74) is 4.13. The number of halogens is 2. The number of benzene rings is 2. The van der Waals surface area contributed by atoms with E-state index in [4.69, 9.17) is 23.2 Å². The molecule has 0 aliphatic rings. The molecule has 1 N–H and O–H groups in total. The molecule has 28 heavy (non-hydrogen) atoms. The lowest BCUT2D eigenvalue weighted by molar-refractivity contribution is 0.999. The second kappa shape index (κ2) is 7.98. The zero-order chi connectivity index (χ0) is 19.5. The molecule has 0 aliphatic carbocycles. The van der Waals surface area contributed by atoms with Crippen molar-refractivity contribution in [1.29, 1.82) is 5.26 Å². The maximum atomic E-state index is 9.90. The van der Waals surface area contributed by atoms with Crippen LogP contribution in [0.25, 0.3) is 16.6 Å². The summed E-state index contributed by atoms with van der Waals surface area (Å²) in [6, 6.07) is 25.7. The Bertz CT molecular complexity index is 1170. The van der Waals surface area contributed by atoms with Gasteiger partial charge in [0.05, 0.1) is 11.1 Å². The fourth-order valence-corrected chi connectivity index (χ4v) is 3.92. The molecule has 0 spiro atoms. The minimum Gasteiger partial charge on any atom is -0.370 e. The summed E-state index contributed by atoms with van der Waals surface area (Å²) in [6.45, 7) is 0.698. The average molecular weight is 406 g/mol. The number of hydrogen-bond acceptors (Lipinski definition) is 2. The normalized spacial score (nSPS) is 10.8. The van der Waals surface area contributed by atoms with E-state index >= 15 is 0 Å². The Labute approximate surface area is 173 Å². The van der Waals surface area contributed by atoms with Crippen LogP contribution in [0.5, 0.6) is 0 Å². The Hall–Kier alpha value is -2.93. The maximum Gasteiger partial charge on any atom is 0.121 e. The summed E-state index contributed by atoms with van der Waals surface area (Å²) in [6.07, 6.45) is 0.850. The third-order valence-corrected chi connectivity index (χ3v) is 5.34. The molecule has 0 aliphatic heterocycles. The van der Waals surface area contributed by atoms with Gasteiger partial charge in [-0.2, -0.15) is 5.26 Å². The molecule has 0 fully saturated rings. The SMILES string of the molecule is N#Cc1c(-c2ccccc2Cl)c(NCCc2ccccc2)n2c(Cl)cccc12. The molecule has 5 heteroatoms. The lowest BCUT2D eigenvalue weighted by Gasteiger charge is -2.12. The first-order valence-corrected chi connectivity index (χ1v) is 9.72. The maximum absolute atomic E-state index is 9.90. The fourth-order valence-electron chi connectivity index (χ4n) is 3.44. The Morgan fingerprint density at radius 2 is 1.64 bits per heavy atom. The largest absolute Gasteiger partial charge is 0.370 e. The van der Waals surface area contributed by atoms with E-state index in [1.807, 2.05) is 65.1 Å². The van der Waals surface area contributed by atoms with Crippen molar-refractivity contribution < 1.29 is 0 Å². The number of fused-ring (bicyclic) bond motifs is 1. The van der Waals surface area contributed by atoms with Crippen molar-refractivity contribution in [2.24, 2.45) is 0 Å². The summed E-state index contributed by atoms with van der Waals surface area (Å²) in [5.74, 6) is 0.779. The second-order valence-corrected chi connectivity index (χ2v) is 7.22. The van der Waals surface area contributed by atoms with Crippen LogP contribution in [0.4, 0.5) is 5.82 Å². The second-order valence-electron chi connectivity index (χ2n) is 6.42. The number of pyridine rings is 1.